The highest BCUT2D eigenvalue weighted by Crippen LogP contribution is 2.51. The van der Waals surface area contributed by atoms with Crippen LogP contribution in [0.3, 0.4) is 0 Å². The fraction of sp³-hybridized carbons (Fsp3) is 0.304. The molecule has 2 heteroatoms. The van der Waals surface area contributed by atoms with E-state index in [1.54, 1.807) is 0 Å². The van der Waals surface area contributed by atoms with Crippen LogP contribution in [0.15, 0.2) is 110 Å². The van der Waals surface area contributed by atoms with Crippen molar-refractivity contribution in [1.82, 2.24) is 0 Å². The van der Waals surface area contributed by atoms with Gasteiger partial charge in [-0.2, -0.15) is 0 Å². The summed E-state index contributed by atoms with van der Waals surface area (Å²) < 4.78 is 6.48. The Balaban J connectivity index is 1.52. The lowest BCUT2D eigenvalue weighted by Gasteiger charge is -2.34. The van der Waals surface area contributed by atoms with E-state index in [9.17, 15) is 0 Å². The molecular formula is C46H52OSi. The lowest BCUT2D eigenvalue weighted by Crippen LogP contribution is -2.48. The van der Waals surface area contributed by atoms with Gasteiger partial charge in [-0.3, -0.25) is 0 Å². The maximum atomic E-state index is 6.48. The Bertz CT molecular complexity index is 1830. The van der Waals surface area contributed by atoms with Crippen LogP contribution in [0.2, 0.25) is 13.1 Å². The van der Waals surface area contributed by atoms with E-state index in [-0.39, 0.29) is 5.54 Å². The maximum absolute atomic E-state index is 6.48. The molecule has 1 aliphatic carbocycles. The maximum Gasteiger partial charge on any atom is 0.121 e. The number of aryl methyl sites for hydroxylation is 2. The van der Waals surface area contributed by atoms with Gasteiger partial charge < -0.3 is 4.74 Å². The molecule has 1 aliphatic rings. The van der Waals surface area contributed by atoms with E-state index in [0.717, 1.165) is 18.6 Å². The Kier molecular flexibility index (Phi) is 9.68. The summed E-state index contributed by atoms with van der Waals surface area (Å²) in [5.74, 6) is 2.18. The van der Waals surface area contributed by atoms with E-state index in [1.807, 2.05) is 6.08 Å². The van der Waals surface area contributed by atoms with Crippen molar-refractivity contribution in [1.29, 1.82) is 0 Å². The average Bonchev–Trinajstić information content (AvgIpc) is 3.44. The molecule has 0 spiro atoms. The Morgan fingerprint density at radius 3 is 1.56 bits per heavy atom. The molecule has 2 unspecified atom stereocenters. The molecule has 6 rings (SSSR count). The molecule has 0 bridgehead atoms. The second-order valence-electron chi connectivity index (χ2n) is 14.7. The Labute approximate surface area is 290 Å². The molecular weight excluding hydrogens is 597 g/mol. The van der Waals surface area contributed by atoms with Crippen LogP contribution in [0.4, 0.5) is 0 Å². The fourth-order valence-corrected chi connectivity index (χ4v) is 11.6. The molecule has 0 radical (unpaired) electrons. The van der Waals surface area contributed by atoms with Gasteiger partial charge in [0.2, 0.25) is 0 Å². The molecule has 5 aromatic rings. The van der Waals surface area contributed by atoms with Crippen molar-refractivity contribution < 1.29 is 4.74 Å². The van der Waals surface area contributed by atoms with E-state index < -0.39 is 8.07 Å². The van der Waals surface area contributed by atoms with Crippen molar-refractivity contribution in [2.45, 2.75) is 84.9 Å². The minimum atomic E-state index is -2.27. The lowest BCUT2D eigenvalue weighted by atomic mass is 9.94. The third kappa shape index (κ3) is 6.24. The Morgan fingerprint density at radius 2 is 1.12 bits per heavy atom. The van der Waals surface area contributed by atoms with Crippen LogP contribution in [0.5, 0.6) is 5.75 Å². The number of hydrogen-bond donors (Lipinski definition) is 0. The second-order valence-corrected chi connectivity index (χ2v) is 19.2. The standard InChI is InChI=1S/C46H52OSi/c1-10-25-47-45-33(7)26-30(4)27-44(45)48(8,9)46-42-28-38(36-17-13-34(14-18-36)31(5)11-2)21-23-40(42)41-24-22-39(29-43(41)46)37-19-15-35(16-20-37)32(6)12-3/h10,13-24,26-29,31-32,46H,1,11-12,25H2,2-9H3. The first-order valence-electron chi connectivity index (χ1n) is 17.9. The largest absolute Gasteiger partial charge is 0.489 e. The zero-order chi connectivity index (χ0) is 34.2. The van der Waals surface area contributed by atoms with Crippen LogP contribution in [0.25, 0.3) is 33.4 Å². The summed E-state index contributed by atoms with van der Waals surface area (Å²) in [6.45, 7) is 23.1. The Hall–Kier alpha value is -4.14. The van der Waals surface area contributed by atoms with Crippen molar-refractivity contribution in [2.75, 3.05) is 6.61 Å². The lowest BCUT2D eigenvalue weighted by molar-refractivity contribution is 0.363. The van der Waals surface area contributed by atoms with Crippen LogP contribution in [0, 0.1) is 13.8 Å². The number of fused-ring (bicyclic) bond motifs is 3. The predicted octanol–water partition coefficient (Wildman–Crippen LogP) is 12.5. The van der Waals surface area contributed by atoms with Crippen LogP contribution in [0.1, 0.15) is 91.3 Å². The fourth-order valence-electron chi connectivity index (χ4n) is 7.80. The van der Waals surface area contributed by atoms with Crippen molar-refractivity contribution in [3.63, 3.8) is 0 Å². The van der Waals surface area contributed by atoms with Crippen molar-refractivity contribution in [3.8, 4) is 39.1 Å². The zero-order valence-corrected chi connectivity index (χ0v) is 31.3. The van der Waals surface area contributed by atoms with Crippen molar-refractivity contribution >= 4 is 13.3 Å². The van der Waals surface area contributed by atoms with Gasteiger partial charge >= 0.3 is 0 Å². The molecule has 48 heavy (non-hydrogen) atoms. The van der Waals surface area contributed by atoms with E-state index >= 15 is 0 Å². The first-order valence-corrected chi connectivity index (χ1v) is 21.0. The van der Waals surface area contributed by atoms with Gasteiger partial charge in [0.05, 0.1) is 8.07 Å². The number of ether oxygens (including phenoxy) is 1. The van der Waals surface area contributed by atoms with Gasteiger partial charge in [-0.05, 0) is 105 Å². The van der Waals surface area contributed by atoms with Gasteiger partial charge in [-0.1, -0.05) is 156 Å². The summed E-state index contributed by atoms with van der Waals surface area (Å²) >= 11 is 0. The third-order valence-electron chi connectivity index (χ3n) is 11.0. The van der Waals surface area contributed by atoms with Crippen molar-refractivity contribution in [3.05, 3.63) is 143 Å². The summed E-state index contributed by atoms with van der Waals surface area (Å²) in [6.07, 6.45) is 4.16. The normalized spacial score (nSPS) is 15.0. The summed E-state index contributed by atoms with van der Waals surface area (Å²) in [6, 6.07) is 37.6. The van der Waals surface area contributed by atoms with E-state index in [1.165, 1.54) is 71.9 Å². The van der Waals surface area contributed by atoms with Gasteiger partial charge in [0.1, 0.15) is 12.4 Å². The Morgan fingerprint density at radius 1 is 0.667 bits per heavy atom. The van der Waals surface area contributed by atoms with E-state index in [4.69, 9.17) is 4.74 Å². The second kappa shape index (κ2) is 13.8. The van der Waals surface area contributed by atoms with Gasteiger partial charge in [-0.15, -0.1) is 0 Å². The number of benzene rings is 5. The molecule has 0 fully saturated rings. The monoisotopic (exact) mass is 648 g/mol. The molecule has 0 saturated carbocycles. The molecule has 1 nitrogen and oxygen atoms in total. The molecule has 0 aliphatic heterocycles. The van der Waals surface area contributed by atoms with Gasteiger partial charge in [0.15, 0.2) is 0 Å². The zero-order valence-electron chi connectivity index (χ0n) is 30.3. The molecule has 0 amide bonds. The average molecular weight is 649 g/mol. The van der Waals surface area contributed by atoms with Crippen LogP contribution < -0.4 is 9.92 Å². The molecule has 0 heterocycles. The molecule has 0 N–H and O–H groups in total. The molecule has 2 atom stereocenters. The first-order chi connectivity index (χ1) is 23.1. The summed E-state index contributed by atoms with van der Waals surface area (Å²) in [5, 5.41) is 1.39. The summed E-state index contributed by atoms with van der Waals surface area (Å²) in [4.78, 5) is 0. The molecule has 246 valence electrons. The van der Waals surface area contributed by atoms with E-state index in [0.29, 0.717) is 18.4 Å². The highest BCUT2D eigenvalue weighted by molar-refractivity contribution is 6.92. The smallest absolute Gasteiger partial charge is 0.121 e. The first kappa shape index (κ1) is 33.7. The molecule has 0 aromatic heterocycles. The number of rotatable bonds is 11. The molecule has 0 saturated heterocycles. The van der Waals surface area contributed by atoms with Crippen LogP contribution >= 0.6 is 0 Å². The quantitative estimate of drug-likeness (QED) is 0.102. The summed E-state index contributed by atoms with van der Waals surface area (Å²) in [5.41, 5.74) is 16.4. The van der Waals surface area contributed by atoms with Gasteiger partial charge in [0.25, 0.3) is 0 Å². The summed E-state index contributed by atoms with van der Waals surface area (Å²) in [7, 11) is -2.27. The van der Waals surface area contributed by atoms with E-state index in [2.05, 4.69) is 158 Å². The number of hydrogen-bond acceptors (Lipinski definition) is 1. The van der Waals surface area contributed by atoms with Crippen molar-refractivity contribution in [2.24, 2.45) is 0 Å². The minimum Gasteiger partial charge on any atom is -0.489 e. The highest BCUT2D eigenvalue weighted by atomic mass is 28.3. The SMILES string of the molecule is C=CCOc1c(C)cc(C)cc1[Si](C)(C)C1c2cc(-c3ccc(C(C)CC)cc3)ccc2-c2ccc(-c3ccc(C(C)CC)cc3)cc21. The topological polar surface area (TPSA) is 9.23 Å². The van der Waals surface area contributed by atoms with Gasteiger partial charge in [-0.25, -0.2) is 0 Å². The minimum absolute atomic E-state index is 0.272. The highest BCUT2D eigenvalue weighted by Gasteiger charge is 2.44. The predicted molar refractivity (Wildman–Crippen MR) is 211 cm³/mol. The van der Waals surface area contributed by atoms with Crippen LogP contribution in [-0.2, 0) is 0 Å². The molecule has 5 aromatic carbocycles. The third-order valence-corrected chi connectivity index (χ3v) is 14.9. The van der Waals surface area contributed by atoms with Crippen LogP contribution in [-0.4, -0.2) is 14.7 Å². The van der Waals surface area contributed by atoms with Gasteiger partial charge in [0, 0.05) is 5.54 Å².